The largest absolute Gasteiger partial charge is 0.393 e. The van der Waals surface area contributed by atoms with E-state index >= 15 is 0 Å². The normalized spacial score (nSPS) is 24.2. The van der Waals surface area contributed by atoms with Crippen LogP contribution in [0.3, 0.4) is 0 Å². The maximum Gasteiger partial charge on any atom is 0.0575 e. The number of rotatable bonds is 10. The maximum absolute atomic E-state index is 10.1. The molecule has 1 aliphatic rings. The summed E-state index contributed by atoms with van der Waals surface area (Å²) in [6, 6.07) is 0. The van der Waals surface area contributed by atoms with E-state index in [-0.39, 0.29) is 6.10 Å². The molecule has 0 aromatic rings. The molecule has 1 aliphatic carbocycles. The van der Waals surface area contributed by atoms with Crippen molar-refractivity contribution >= 4 is 0 Å². The lowest BCUT2D eigenvalue weighted by atomic mass is 9.99. The molecule has 0 amide bonds. The van der Waals surface area contributed by atoms with Gasteiger partial charge in [0.2, 0.25) is 0 Å². The number of aliphatic hydroxyl groups excluding tert-OH is 1. The van der Waals surface area contributed by atoms with E-state index in [4.69, 9.17) is 4.74 Å². The molecule has 1 fully saturated rings. The molecule has 0 aliphatic heterocycles. The van der Waals surface area contributed by atoms with Crippen LogP contribution in [0.1, 0.15) is 161 Å². The third-order valence-electron chi connectivity index (χ3n) is 6.98. The Balaban J connectivity index is 2.16. The molecular weight excluding hydrogens is 368 g/mol. The van der Waals surface area contributed by atoms with Crippen LogP contribution < -0.4 is 0 Å². The fourth-order valence-electron chi connectivity index (χ4n) is 4.86. The minimum absolute atomic E-state index is 0.0390. The van der Waals surface area contributed by atoms with Crippen molar-refractivity contribution in [2.24, 2.45) is 0 Å². The first-order chi connectivity index (χ1) is 14.8. The Labute approximate surface area is 189 Å². The lowest BCUT2D eigenvalue weighted by Crippen LogP contribution is -2.14. The van der Waals surface area contributed by atoms with Crippen LogP contribution in [0.25, 0.3) is 0 Å². The van der Waals surface area contributed by atoms with Gasteiger partial charge in [-0.15, -0.1) is 0 Å². The zero-order valence-electron chi connectivity index (χ0n) is 20.7. The van der Waals surface area contributed by atoms with E-state index in [0.717, 1.165) is 19.4 Å². The second-order valence-electron chi connectivity index (χ2n) is 10.0. The van der Waals surface area contributed by atoms with Gasteiger partial charge in [0.05, 0.1) is 12.2 Å². The highest BCUT2D eigenvalue weighted by molar-refractivity contribution is 4.62. The molecule has 2 nitrogen and oxygen atoms in total. The Morgan fingerprint density at radius 1 is 0.533 bits per heavy atom. The molecule has 0 aromatic heterocycles. The van der Waals surface area contributed by atoms with E-state index < -0.39 is 0 Å². The second-order valence-corrected chi connectivity index (χ2v) is 10.0. The quantitative estimate of drug-likeness (QED) is 0.354. The van der Waals surface area contributed by atoms with Crippen LogP contribution in [-0.4, -0.2) is 23.9 Å². The van der Waals surface area contributed by atoms with Gasteiger partial charge in [0.25, 0.3) is 0 Å². The first-order valence-corrected chi connectivity index (χ1v) is 14.1. The number of ether oxygens (including phenoxy) is 1. The van der Waals surface area contributed by atoms with Gasteiger partial charge in [0, 0.05) is 6.61 Å². The van der Waals surface area contributed by atoms with E-state index in [9.17, 15) is 5.11 Å². The van der Waals surface area contributed by atoms with Gasteiger partial charge in [-0.05, 0) is 32.1 Å². The predicted molar refractivity (Wildman–Crippen MR) is 132 cm³/mol. The molecular formula is C28H56O2. The highest BCUT2D eigenvalue weighted by atomic mass is 16.5. The van der Waals surface area contributed by atoms with Gasteiger partial charge in [0.15, 0.2) is 0 Å². The van der Waals surface area contributed by atoms with Crippen molar-refractivity contribution in [1.29, 1.82) is 0 Å². The van der Waals surface area contributed by atoms with E-state index in [2.05, 4.69) is 6.92 Å². The summed E-state index contributed by atoms with van der Waals surface area (Å²) in [4.78, 5) is 0. The number of aliphatic hydroxyl groups is 1. The van der Waals surface area contributed by atoms with Crippen molar-refractivity contribution in [1.82, 2.24) is 0 Å². The van der Waals surface area contributed by atoms with Gasteiger partial charge in [-0.25, -0.2) is 0 Å². The first-order valence-electron chi connectivity index (χ1n) is 14.1. The highest BCUT2D eigenvalue weighted by Gasteiger charge is 2.10. The Morgan fingerprint density at radius 3 is 1.43 bits per heavy atom. The minimum atomic E-state index is -0.0390. The summed E-state index contributed by atoms with van der Waals surface area (Å²) in [5.74, 6) is 0. The SMILES string of the molecule is CCCCCCCCCCOC1CCCCCCCCC(O)CCCCCCCC1. The van der Waals surface area contributed by atoms with E-state index in [0.29, 0.717) is 6.10 Å². The summed E-state index contributed by atoms with van der Waals surface area (Å²) in [5, 5.41) is 10.1. The van der Waals surface area contributed by atoms with E-state index in [1.54, 1.807) is 0 Å². The predicted octanol–water partition coefficient (Wildman–Crippen LogP) is 9.13. The molecule has 0 bridgehead atoms. The summed E-state index contributed by atoms with van der Waals surface area (Å²) >= 11 is 0. The van der Waals surface area contributed by atoms with Gasteiger partial charge in [-0.3, -0.25) is 0 Å². The van der Waals surface area contributed by atoms with Crippen molar-refractivity contribution in [2.45, 2.75) is 173 Å². The molecule has 30 heavy (non-hydrogen) atoms. The van der Waals surface area contributed by atoms with Crippen molar-refractivity contribution in [2.75, 3.05) is 6.61 Å². The number of hydrogen-bond donors (Lipinski definition) is 1. The van der Waals surface area contributed by atoms with Gasteiger partial charge < -0.3 is 9.84 Å². The molecule has 0 spiro atoms. The Hall–Kier alpha value is -0.0800. The third kappa shape index (κ3) is 18.7. The molecule has 0 heterocycles. The van der Waals surface area contributed by atoms with Crippen LogP contribution in [0.2, 0.25) is 0 Å². The fourth-order valence-corrected chi connectivity index (χ4v) is 4.86. The number of hydrogen-bond acceptors (Lipinski definition) is 2. The summed E-state index contributed by atoms with van der Waals surface area (Å²) in [7, 11) is 0. The van der Waals surface area contributed by atoms with Crippen LogP contribution in [0.5, 0.6) is 0 Å². The van der Waals surface area contributed by atoms with Crippen molar-refractivity contribution in [3.05, 3.63) is 0 Å². The lowest BCUT2D eigenvalue weighted by molar-refractivity contribution is 0.0357. The molecule has 0 radical (unpaired) electrons. The summed E-state index contributed by atoms with van der Waals surface area (Å²) < 4.78 is 6.35. The van der Waals surface area contributed by atoms with E-state index in [1.807, 2.05) is 0 Å². The molecule has 1 saturated carbocycles. The average molecular weight is 425 g/mol. The van der Waals surface area contributed by atoms with Crippen LogP contribution in [-0.2, 0) is 4.74 Å². The van der Waals surface area contributed by atoms with Gasteiger partial charge in [-0.1, -0.05) is 129 Å². The van der Waals surface area contributed by atoms with Crippen molar-refractivity contribution in [3.63, 3.8) is 0 Å². The van der Waals surface area contributed by atoms with Crippen LogP contribution >= 0.6 is 0 Å². The highest BCUT2D eigenvalue weighted by Crippen LogP contribution is 2.19. The molecule has 180 valence electrons. The first kappa shape index (κ1) is 28.0. The fraction of sp³-hybridized carbons (Fsp3) is 1.00. The Bertz CT molecular complexity index is 311. The van der Waals surface area contributed by atoms with Gasteiger partial charge >= 0.3 is 0 Å². The maximum atomic E-state index is 10.1. The summed E-state index contributed by atoms with van der Waals surface area (Å²) in [5.41, 5.74) is 0. The third-order valence-corrected chi connectivity index (χ3v) is 6.98. The minimum Gasteiger partial charge on any atom is -0.393 e. The smallest absolute Gasteiger partial charge is 0.0575 e. The van der Waals surface area contributed by atoms with E-state index in [1.165, 1.54) is 141 Å². The molecule has 0 aromatic carbocycles. The summed E-state index contributed by atoms with van der Waals surface area (Å²) in [6.07, 6.45) is 32.0. The second kappa shape index (κ2) is 22.1. The zero-order chi connectivity index (χ0) is 21.5. The van der Waals surface area contributed by atoms with Gasteiger partial charge in [0.1, 0.15) is 0 Å². The lowest BCUT2D eigenvalue weighted by Gasteiger charge is -2.18. The Kier molecular flexibility index (Phi) is 20.6. The van der Waals surface area contributed by atoms with Crippen LogP contribution in [0.15, 0.2) is 0 Å². The molecule has 0 saturated heterocycles. The van der Waals surface area contributed by atoms with Crippen LogP contribution in [0, 0.1) is 0 Å². The molecule has 0 atom stereocenters. The van der Waals surface area contributed by atoms with Crippen molar-refractivity contribution in [3.8, 4) is 0 Å². The topological polar surface area (TPSA) is 29.5 Å². The molecule has 1 N–H and O–H groups in total. The Morgan fingerprint density at radius 2 is 0.933 bits per heavy atom. The zero-order valence-corrected chi connectivity index (χ0v) is 20.7. The van der Waals surface area contributed by atoms with Crippen molar-refractivity contribution < 1.29 is 9.84 Å². The van der Waals surface area contributed by atoms with Gasteiger partial charge in [-0.2, -0.15) is 0 Å². The van der Waals surface area contributed by atoms with Crippen LogP contribution in [0.4, 0.5) is 0 Å². The molecule has 2 heteroatoms. The summed E-state index contributed by atoms with van der Waals surface area (Å²) in [6.45, 7) is 3.28. The average Bonchev–Trinajstić information content (AvgIpc) is 2.75. The number of unbranched alkanes of at least 4 members (excludes halogenated alkanes) is 7. The standard InChI is InChI=1S/C28H56O2/c1-2-3-4-5-6-11-16-21-26-30-28-24-19-14-9-7-12-17-22-27(29)23-18-13-8-10-15-20-25-28/h27-29H,2-26H2,1H3. The molecule has 1 rings (SSSR count). The molecule has 0 unspecified atom stereocenters. The monoisotopic (exact) mass is 424 g/mol.